The van der Waals surface area contributed by atoms with Gasteiger partial charge in [-0.3, -0.25) is 0 Å². The highest BCUT2D eigenvalue weighted by Crippen LogP contribution is 2.35. The molecule has 1 heterocycles. The molecule has 90 valence electrons. The number of methoxy groups -OCH3 is 1. The third-order valence-electron chi connectivity index (χ3n) is 3.26. The Labute approximate surface area is 96.5 Å². The van der Waals surface area contributed by atoms with Crippen molar-refractivity contribution in [3.8, 4) is 0 Å². The summed E-state index contributed by atoms with van der Waals surface area (Å²) in [5.41, 5.74) is 6.75. The molecule has 2 unspecified atom stereocenters. The number of anilines is 1. The van der Waals surface area contributed by atoms with Crippen molar-refractivity contribution in [2.45, 2.75) is 38.9 Å². The first kappa shape index (κ1) is 12.9. The zero-order chi connectivity index (χ0) is 12.3. The maximum absolute atomic E-state index is 10.4. The van der Waals surface area contributed by atoms with E-state index in [1.54, 1.807) is 13.3 Å². The summed E-state index contributed by atoms with van der Waals surface area (Å²) in [6.07, 6.45) is 1.56. The minimum absolute atomic E-state index is 0.365. The first-order valence-corrected chi connectivity index (χ1v) is 5.40. The summed E-state index contributed by atoms with van der Waals surface area (Å²) >= 11 is 0. The van der Waals surface area contributed by atoms with Gasteiger partial charge in [0.05, 0.1) is 5.60 Å². The zero-order valence-electron chi connectivity index (χ0n) is 10.3. The molecule has 0 aliphatic rings. The first-order chi connectivity index (χ1) is 7.46. The van der Waals surface area contributed by atoms with E-state index < -0.39 is 11.7 Å². The molecular weight excluding hydrogens is 204 g/mol. The minimum atomic E-state index is -0.767. The fourth-order valence-electron chi connectivity index (χ4n) is 1.70. The van der Waals surface area contributed by atoms with Crippen LogP contribution in [0.15, 0.2) is 12.3 Å². The fourth-order valence-corrected chi connectivity index (χ4v) is 1.70. The Kier molecular flexibility index (Phi) is 3.88. The Bertz CT molecular complexity index is 342. The van der Waals surface area contributed by atoms with E-state index in [0.717, 1.165) is 5.56 Å². The SMILES string of the molecule is CCC(C)(OC)C(O)c1c(C)ccnc1N. The first-order valence-electron chi connectivity index (χ1n) is 5.40. The maximum atomic E-state index is 10.4. The lowest BCUT2D eigenvalue weighted by atomic mass is 9.88. The molecule has 0 aliphatic carbocycles. The highest BCUT2D eigenvalue weighted by atomic mass is 16.5. The van der Waals surface area contributed by atoms with Crippen LogP contribution in [0.5, 0.6) is 0 Å². The highest BCUT2D eigenvalue weighted by Gasteiger charge is 2.34. The predicted octanol–water partition coefficient (Wildman–Crippen LogP) is 1.82. The Morgan fingerprint density at radius 3 is 2.69 bits per heavy atom. The standard InChI is InChI=1S/C12H20N2O2/c1-5-12(3,16-4)10(15)9-8(2)6-7-14-11(9)13/h6-7,10,15H,5H2,1-4H3,(H2,13,14). The average molecular weight is 224 g/mol. The summed E-state index contributed by atoms with van der Waals surface area (Å²) in [5, 5.41) is 10.4. The Morgan fingerprint density at radius 2 is 2.25 bits per heavy atom. The van der Waals surface area contributed by atoms with Gasteiger partial charge in [0.2, 0.25) is 0 Å². The second-order valence-corrected chi connectivity index (χ2v) is 4.20. The molecule has 1 aromatic rings. The van der Waals surface area contributed by atoms with Gasteiger partial charge in [0.25, 0.3) is 0 Å². The van der Waals surface area contributed by atoms with E-state index >= 15 is 0 Å². The lowest BCUT2D eigenvalue weighted by Crippen LogP contribution is -2.35. The van der Waals surface area contributed by atoms with Crippen molar-refractivity contribution in [3.63, 3.8) is 0 Å². The molecule has 0 saturated carbocycles. The van der Waals surface area contributed by atoms with Gasteiger partial charge in [-0.2, -0.15) is 0 Å². The molecule has 0 bridgehead atoms. The van der Waals surface area contributed by atoms with Crippen LogP contribution >= 0.6 is 0 Å². The molecular formula is C12H20N2O2. The van der Waals surface area contributed by atoms with Gasteiger partial charge < -0.3 is 15.6 Å². The molecule has 0 amide bonds. The number of aliphatic hydroxyl groups excluding tert-OH is 1. The molecule has 0 fully saturated rings. The van der Waals surface area contributed by atoms with Crippen LogP contribution in [0.3, 0.4) is 0 Å². The molecule has 0 saturated heterocycles. The second-order valence-electron chi connectivity index (χ2n) is 4.20. The number of aromatic nitrogens is 1. The zero-order valence-corrected chi connectivity index (χ0v) is 10.3. The van der Waals surface area contributed by atoms with Crippen LogP contribution < -0.4 is 5.73 Å². The Hall–Kier alpha value is -1.13. The highest BCUT2D eigenvalue weighted by molar-refractivity contribution is 5.46. The third-order valence-corrected chi connectivity index (χ3v) is 3.26. The van der Waals surface area contributed by atoms with Gasteiger partial charge in [-0.05, 0) is 31.9 Å². The summed E-state index contributed by atoms with van der Waals surface area (Å²) in [5.74, 6) is 0.365. The molecule has 2 atom stereocenters. The van der Waals surface area contributed by atoms with Crippen molar-refractivity contribution in [2.75, 3.05) is 12.8 Å². The van der Waals surface area contributed by atoms with Crippen molar-refractivity contribution in [3.05, 3.63) is 23.4 Å². The van der Waals surface area contributed by atoms with Crippen LogP contribution in [0.2, 0.25) is 0 Å². The Morgan fingerprint density at radius 1 is 1.62 bits per heavy atom. The van der Waals surface area contributed by atoms with Gasteiger partial charge in [0.1, 0.15) is 11.9 Å². The average Bonchev–Trinajstić information content (AvgIpc) is 2.27. The van der Waals surface area contributed by atoms with Crippen LogP contribution in [-0.2, 0) is 4.74 Å². The van der Waals surface area contributed by atoms with Crippen molar-refractivity contribution in [1.82, 2.24) is 4.98 Å². The molecule has 4 nitrogen and oxygen atoms in total. The number of rotatable bonds is 4. The lowest BCUT2D eigenvalue weighted by molar-refractivity contribution is -0.0944. The molecule has 1 aromatic heterocycles. The number of hydrogen-bond acceptors (Lipinski definition) is 4. The van der Waals surface area contributed by atoms with E-state index in [2.05, 4.69) is 4.98 Å². The maximum Gasteiger partial charge on any atom is 0.129 e. The quantitative estimate of drug-likeness (QED) is 0.818. The topological polar surface area (TPSA) is 68.4 Å². The number of nitrogens with zero attached hydrogens (tertiary/aromatic N) is 1. The van der Waals surface area contributed by atoms with Crippen LogP contribution in [-0.4, -0.2) is 22.8 Å². The summed E-state index contributed by atoms with van der Waals surface area (Å²) in [7, 11) is 1.59. The normalized spacial score (nSPS) is 16.8. The lowest BCUT2D eigenvalue weighted by Gasteiger charge is -2.33. The molecule has 3 N–H and O–H groups in total. The minimum Gasteiger partial charge on any atom is -0.385 e. The largest absolute Gasteiger partial charge is 0.385 e. The van der Waals surface area contributed by atoms with Crippen LogP contribution in [0.4, 0.5) is 5.82 Å². The van der Waals surface area contributed by atoms with Crippen LogP contribution in [0.1, 0.15) is 37.5 Å². The van der Waals surface area contributed by atoms with E-state index in [4.69, 9.17) is 10.5 Å². The van der Waals surface area contributed by atoms with Gasteiger partial charge >= 0.3 is 0 Å². The number of aryl methyl sites for hydroxylation is 1. The van der Waals surface area contributed by atoms with Gasteiger partial charge in [-0.1, -0.05) is 6.92 Å². The van der Waals surface area contributed by atoms with Crippen molar-refractivity contribution in [1.29, 1.82) is 0 Å². The molecule has 0 aromatic carbocycles. The van der Waals surface area contributed by atoms with E-state index in [9.17, 15) is 5.11 Å². The van der Waals surface area contributed by atoms with Crippen molar-refractivity contribution < 1.29 is 9.84 Å². The van der Waals surface area contributed by atoms with Crippen molar-refractivity contribution >= 4 is 5.82 Å². The number of ether oxygens (including phenoxy) is 1. The predicted molar refractivity (Wildman–Crippen MR) is 64.1 cm³/mol. The number of pyridine rings is 1. The van der Waals surface area contributed by atoms with Crippen LogP contribution in [0, 0.1) is 6.92 Å². The van der Waals surface area contributed by atoms with E-state index in [1.165, 1.54) is 0 Å². The fraction of sp³-hybridized carbons (Fsp3) is 0.583. The van der Waals surface area contributed by atoms with Gasteiger partial charge in [0, 0.05) is 18.9 Å². The van der Waals surface area contributed by atoms with E-state index in [0.29, 0.717) is 17.8 Å². The molecule has 0 spiro atoms. The van der Waals surface area contributed by atoms with Crippen molar-refractivity contribution in [2.24, 2.45) is 0 Å². The third kappa shape index (κ3) is 2.18. The van der Waals surface area contributed by atoms with E-state index in [-0.39, 0.29) is 0 Å². The second kappa shape index (κ2) is 4.80. The number of aliphatic hydroxyl groups is 1. The summed E-state index contributed by atoms with van der Waals surface area (Å²) in [6, 6.07) is 1.83. The summed E-state index contributed by atoms with van der Waals surface area (Å²) < 4.78 is 5.38. The molecule has 1 rings (SSSR count). The Balaban J connectivity index is 3.18. The number of nitrogen functional groups attached to an aromatic ring is 1. The number of hydrogen-bond donors (Lipinski definition) is 2. The molecule has 0 aliphatic heterocycles. The monoisotopic (exact) mass is 224 g/mol. The van der Waals surface area contributed by atoms with E-state index in [1.807, 2.05) is 26.8 Å². The molecule has 16 heavy (non-hydrogen) atoms. The van der Waals surface area contributed by atoms with Gasteiger partial charge in [0.15, 0.2) is 0 Å². The van der Waals surface area contributed by atoms with Gasteiger partial charge in [-0.25, -0.2) is 4.98 Å². The number of nitrogens with two attached hydrogens (primary N) is 1. The van der Waals surface area contributed by atoms with Gasteiger partial charge in [-0.15, -0.1) is 0 Å². The summed E-state index contributed by atoms with van der Waals surface area (Å²) in [6.45, 7) is 5.74. The molecule has 4 heteroatoms. The smallest absolute Gasteiger partial charge is 0.129 e. The summed E-state index contributed by atoms with van der Waals surface area (Å²) in [4.78, 5) is 4.01. The molecule has 0 radical (unpaired) electrons. The van der Waals surface area contributed by atoms with Crippen LogP contribution in [0.25, 0.3) is 0 Å².